The molecule has 0 radical (unpaired) electrons. The molecule has 3 aliphatic heterocycles. The number of aromatic nitrogens is 1. The molecule has 11 heteroatoms. The fourth-order valence-corrected chi connectivity index (χ4v) is 5.26. The zero-order valence-corrected chi connectivity index (χ0v) is 21.1. The van der Waals surface area contributed by atoms with E-state index in [4.69, 9.17) is 0 Å². The number of aromatic amines is 1. The lowest BCUT2D eigenvalue weighted by Gasteiger charge is -2.27. The van der Waals surface area contributed by atoms with Gasteiger partial charge in [-0.1, -0.05) is 0 Å². The molecule has 0 unspecified atom stereocenters. The number of benzene rings is 2. The molecule has 2 N–H and O–H groups in total. The summed E-state index contributed by atoms with van der Waals surface area (Å²) in [5.74, 6) is -1.64. The molecule has 1 aliphatic carbocycles. The minimum Gasteiger partial charge on any atom is -0.350 e. The maximum absolute atomic E-state index is 13.8. The standard InChI is InChI=1S/C29H21F2N5O4/c1-34-12-10-21(32-25(37)15-16-14-18(31)4-8-23(16)36(39)40)20-7-9-24-26-22(33-29(38)27(26)28(20)34)11-13-35(24)19-5-2-17(30)3-6-19/h2-12,14H,13,15H2,1H3,(H,32,37)(H,33,38). The Labute approximate surface area is 225 Å². The lowest BCUT2D eigenvalue weighted by Crippen LogP contribution is -2.33. The molecule has 0 fully saturated rings. The first-order valence-corrected chi connectivity index (χ1v) is 12.3. The highest BCUT2D eigenvalue weighted by molar-refractivity contribution is 5.95. The highest BCUT2D eigenvalue weighted by Gasteiger charge is 2.28. The third-order valence-electron chi connectivity index (χ3n) is 7.03. The van der Waals surface area contributed by atoms with Crippen LogP contribution in [0.1, 0.15) is 5.56 Å². The van der Waals surface area contributed by atoms with Gasteiger partial charge in [0.05, 0.1) is 34.0 Å². The first kappa shape index (κ1) is 25.0. The van der Waals surface area contributed by atoms with Gasteiger partial charge in [0, 0.05) is 53.2 Å². The van der Waals surface area contributed by atoms with E-state index in [1.165, 1.54) is 12.1 Å². The number of amides is 1. The van der Waals surface area contributed by atoms with Crippen molar-refractivity contribution in [2.75, 3.05) is 23.4 Å². The third kappa shape index (κ3) is 4.17. The van der Waals surface area contributed by atoms with Crippen molar-refractivity contribution in [3.05, 3.63) is 115 Å². The van der Waals surface area contributed by atoms with E-state index < -0.39 is 23.1 Å². The molecule has 0 saturated heterocycles. The van der Waals surface area contributed by atoms with Crippen molar-refractivity contribution in [1.82, 2.24) is 10.3 Å². The van der Waals surface area contributed by atoms with Gasteiger partial charge in [0.2, 0.25) is 5.91 Å². The second-order valence-corrected chi connectivity index (χ2v) is 9.49. The number of hydrogen-bond donors (Lipinski definition) is 2. The fraction of sp³-hybridized carbons (Fsp3) is 0.103. The topological polar surface area (TPSA) is 112 Å². The minimum atomic E-state index is -0.688. The third-order valence-corrected chi connectivity index (χ3v) is 7.03. The molecule has 40 heavy (non-hydrogen) atoms. The van der Waals surface area contributed by atoms with Crippen LogP contribution in [0.25, 0.3) is 22.9 Å². The molecule has 6 rings (SSSR count). The number of nitrogens with zero attached hydrogens (tertiary/aromatic N) is 3. The summed E-state index contributed by atoms with van der Waals surface area (Å²) in [6.45, 7) is 0.441. The lowest BCUT2D eigenvalue weighted by atomic mass is 10.0. The lowest BCUT2D eigenvalue weighted by molar-refractivity contribution is -0.385. The molecule has 2 aromatic rings. The number of halogens is 2. The number of nitro benzene ring substituents is 1. The van der Waals surface area contributed by atoms with Crippen LogP contribution in [0.5, 0.6) is 0 Å². The van der Waals surface area contributed by atoms with Crippen molar-refractivity contribution in [3.8, 4) is 11.1 Å². The number of carbonyl (C=O) groups excluding carboxylic acids is 1. The van der Waals surface area contributed by atoms with Crippen molar-refractivity contribution >= 4 is 40.4 Å². The summed E-state index contributed by atoms with van der Waals surface area (Å²) in [5.41, 5.74) is 2.76. The van der Waals surface area contributed by atoms with Crippen molar-refractivity contribution in [1.29, 1.82) is 0 Å². The molecular weight excluding hydrogens is 520 g/mol. The average molecular weight is 542 g/mol. The first-order valence-electron chi connectivity index (χ1n) is 12.3. The van der Waals surface area contributed by atoms with Gasteiger partial charge in [-0.25, -0.2) is 8.78 Å². The van der Waals surface area contributed by atoms with Crippen molar-refractivity contribution in [2.24, 2.45) is 0 Å². The van der Waals surface area contributed by atoms with Crippen LogP contribution in [0.3, 0.4) is 0 Å². The normalized spacial score (nSPS) is 13.7. The monoisotopic (exact) mass is 541 g/mol. The number of rotatable bonds is 5. The second-order valence-electron chi connectivity index (χ2n) is 9.49. The van der Waals surface area contributed by atoms with Crippen molar-refractivity contribution < 1.29 is 18.5 Å². The first-order chi connectivity index (χ1) is 19.2. The zero-order valence-electron chi connectivity index (χ0n) is 21.1. The van der Waals surface area contributed by atoms with Crippen LogP contribution in [-0.4, -0.2) is 29.4 Å². The number of carbonyl (C=O) groups is 1. The fourth-order valence-electron chi connectivity index (χ4n) is 5.26. The molecule has 4 aliphatic rings. The molecule has 0 saturated carbocycles. The molecule has 9 nitrogen and oxygen atoms in total. The van der Waals surface area contributed by atoms with Crippen molar-refractivity contribution in [2.45, 2.75) is 6.42 Å². The Morgan fingerprint density at radius 3 is 2.58 bits per heavy atom. The van der Waals surface area contributed by atoms with Crippen LogP contribution in [0.2, 0.25) is 0 Å². The Kier molecular flexibility index (Phi) is 5.91. The van der Waals surface area contributed by atoms with E-state index in [0.717, 1.165) is 29.6 Å². The van der Waals surface area contributed by atoms with Gasteiger partial charge in [0.25, 0.3) is 11.2 Å². The number of nitro groups is 1. The Hall–Kier alpha value is -5.32. The molecule has 0 aromatic heterocycles. The summed E-state index contributed by atoms with van der Waals surface area (Å²) in [6, 6.07) is 12.7. The largest absolute Gasteiger partial charge is 0.350 e. The molecule has 2 aromatic carbocycles. The molecule has 200 valence electrons. The van der Waals surface area contributed by atoms with E-state index in [2.05, 4.69) is 10.3 Å². The SMILES string of the molecule is CN1C=CC(NC(=O)Cc2cc(F)ccc2[N+](=O)[O-])=c2ccc3c4c([nH]c(=O)c-4c21)=CCN3c1ccc(F)cc1. The summed E-state index contributed by atoms with van der Waals surface area (Å²) < 4.78 is 27.4. The van der Waals surface area contributed by atoms with E-state index in [9.17, 15) is 28.5 Å². The van der Waals surface area contributed by atoms with Gasteiger partial charge in [-0.2, -0.15) is 0 Å². The Bertz CT molecular complexity index is 1900. The maximum atomic E-state index is 13.8. The summed E-state index contributed by atoms with van der Waals surface area (Å²) in [4.78, 5) is 43.7. The Morgan fingerprint density at radius 2 is 1.82 bits per heavy atom. The maximum Gasteiger partial charge on any atom is 0.273 e. The summed E-state index contributed by atoms with van der Waals surface area (Å²) in [7, 11) is 1.78. The number of H-pyrrole nitrogens is 1. The number of fused-ring (bicyclic) bond motifs is 2. The summed E-state index contributed by atoms with van der Waals surface area (Å²) >= 11 is 0. The zero-order chi connectivity index (χ0) is 28.1. The molecule has 0 atom stereocenters. The van der Waals surface area contributed by atoms with Gasteiger partial charge in [-0.3, -0.25) is 19.7 Å². The Balaban J connectivity index is 1.48. The van der Waals surface area contributed by atoms with Crippen LogP contribution in [0, 0.1) is 21.7 Å². The van der Waals surface area contributed by atoms with Crippen LogP contribution < -0.4 is 31.2 Å². The van der Waals surface area contributed by atoms with Gasteiger partial charge in [-0.05, 0) is 60.7 Å². The quantitative estimate of drug-likeness (QED) is 0.297. The van der Waals surface area contributed by atoms with Gasteiger partial charge in [0.15, 0.2) is 0 Å². The van der Waals surface area contributed by atoms with Crippen LogP contribution in [0.4, 0.5) is 31.5 Å². The van der Waals surface area contributed by atoms with Gasteiger partial charge < -0.3 is 20.1 Å². The van der Waals surface area contributed by atoms with Crippen molar-refractivity contribution in [3.63, 3.8) is 0 Å². The van der Waals surface area contributed by atoms with E-state index >= 15 is 0 Å². The van der Waals surface area contributed by atoms with Gasteiger partial charge in [0.1, 0.15) is 11.6 Å². The Morgan fingerprint density at radius 1 is 1.07 bits per heavy atom. The molecular formula is C29H21F2N5O4. The molecule has 3 heterocycles. The smallest absolute Gasteiger partial charge is 0.273 e. The van der Waals surface area contributed by atoms with E-state index in [1.807, 2.05) is 17.0 Å². The van der Waals surface area contributed by atoms with Gasteiger partial charge in [-0.15, -0.1) is 0 Å². The molecule has 0 spiro atoms. The minimum absolute atomic E-state index is 0.0583. The van der Waals surface area contributed by atoms with Crippen LogP contribution >= 0.6 is 0 Å². The van der Waals surface area contributed by atoms with Gasteiger partial charge >= 0.3 is 0 Å². The highest BCUT2D eigenvalue weighted by Crippen LogP contribution is 2.37. The second kappa shape index (κ2) is 9.45. The number of nitrogens with one attached hydrogen (secondary N) is 2. The number of hydrogen-bond acceptors (Lipinski definition) is 6. The average Bonchev–Trinajstić information content (AvgIpc) is 3.12. The number of anilines is 3. The highest BCUT2D eigenvalue weighted by atomic mass is 19.1. The predicted octanol–water partition coefficient (Wildman–Crippen LogP) is 3.03. The van der Waals surface area contributed by atoms with E-state index in [0.29, 0.717) is 39.6 Å². The summed E-state index contributed by atoms with van der Waals surface area (Å²) in [6.07, 6.45) is 4.82. The van der Waals surface area contributed by atoms with E-state index in [-0.39, 0.29) is 22.6 Å². The molecule has 1 amide bonds. The summed E-state index contributed by atoms with van der Waals surface area (Å²) in [5, 5.41) is 15.4. The van der Waals surface area contributed by atoms with Crippen LogP contribution in [0.15, 0.2) is 71.7 Å². The van der Waals surface area contributed by atoms with E-state index in [1.54, 1.807) is 42.4 Å². The molecule has 0 bridgehead atoms. The van der Waals surface area contributed by atoms with Crippen LogP contribution in [-0.2, 0) is 11.2 Å². The predicted molar refractivity (Wildman–Crippen MR) is 147 cm³/mol.